The van der Waals surface area contributed by atoms with E-state index in [1.165, 1.54) is 0 Å². The van der Waals surface area contributed by atoms with E-state index >= 15 is 0 Å². The number of aryl methyl sites for hydroxylation is 1. The Morgan fingerprint density at radius 2 is 1.95 bits per heavy atom. The Morgan fingerprint density at radius 3 is 2.57 bits per heavy atom. The summed E-state index contributed by atoms with van der Waals surface area (Å²) in [5.41, 5.74) is 1.73. The second kappa shape index (κ2) is 5.42. The number of benzene rings is 1. The van der Waals surface area contributed by atoms with E-state index in [0.29, 0.717) is 5.69 Å². The molecule has 0 aliphatic carbocycles. The standard InChI is InChI=1S/C15H16BrNO4/c1-7-2-3-9(8(16)6-7)17-14(18)12-10-4-5-11(21-10)13(12)15(19)20/h2-3,6,10-13H,4-5H2,1H3,(H,17,18)(H,19,20)/t10-,11+,12+,13+/m1/s1. The number of hydrogen-bond acceptors (Lipinski definition) is 3. The highest BCUT2D eigenvalue weighted by Crippen LogP contribution is 2.44. The van der Waals surface area contributed by atoms with Gasteiger partial charge in [0.1, 0.15) is 0 Å². The van der Waals surface area contributed by atoms with E-state index in [-0.39, 0.29) is 18.1 Å². The second-order valence-corrected chi connectivity index (χ2v) is 6.51. The summed E-state index contributed by atoms with van der Waals surface area (Å²) >= 11 is 3.41. The summed E-state index contributed by atoms with van der Waals surface area (Å²) in [6.45, 7) is 1.96. The molecule has 3 rings (SSSR count). The summed E-state index contributed by atoms with van der Waals surface area (Å²) in [7, 11) is 0. The van der Waals surface area contributed by atoms with Crippen LogP contribution < -0.4 is 5.32 Å². The third kappa shape index (κ3) is 2.58. The van der Waals surface area contributed by atoms with Crippen LogP contribution in [0.1, 0.15) is 18.4 Å². The van der Waals surface area contributed by atoms with E-state index in [1.54, 1.807) is 6.07 Å². The molecule has 0 spiro atoms. The molecule has 2 aliphatic rings. The summed E-state index contributed by atoms with van der Waals surface area (Å²) in [6.07, 6.45) is 0.867. The van der Waals surface area contributed by atoms with Crippen LogP contribution in [0, 0.1) is 18.8 Å². The molecule has 4 atom stereocenters. The van der Waals surface area contributed by atoms with Gasteiger partial charge in [-0.05, 0) is 53.4 Å². The number of carbonyl (C=O) groups is 2. The fourth-order valence-corrected chi connectivity index (χ4v) is 3.85. The van der Waals surface area contributed by atoms with Gasteiger partial charge in [-0.25, -0.2) is 0 Å². The number of anilines is 1. The number of ether oxygens (including phenoxy) is 1. The van der Waals surface area contributed by atoms with Crippen molar-refractivity contribution < 1.29 is 19.4 Å². The van der Waals surface area contributed by atoms with Crippen molar-refractivity contribution in [3.8, 4) is 0 Å². The van der Waals surface area contributed by atoms with Gasteiger partial charge >= 0.3 is 5.97 Å². The highest BCUT2D eigenvalue weighted by molar-refractivity contribution is 9.10. The van der Waals surface area contributed by atoms with Crippen LogP contribution in [-0.2, 0) is 14.3 Å². The molecule has 21 heavy (non-hydrogen) atoms. The maximum atomic E-state index is 12.5. The van der Waals surface area contributed by atoms with Crippen molar-refractivity contribution in [2.75, 3.05) is 5.32 Å². The first-order chi connectivity index (χ1) is 9.97. The van der Waals surface area contributed by atoms with Crippen molar-refractivity contribution in [2.24, 2.45) is 11.8 Å². The smallest absolute Gasteiger partial charge is 0.310 e. The number of halogens is 1. The summed E-state index contributed by atoms with van der Waals surface area (Å²) in [5.74, 6) is -2.59. The molecule has 0 saturated carbocycles. The summed E-state index contributed by atoms with van der Waals surface area (Å²) < 4.78 is 6.40. The van der Waals surface area contributed by atoms with Crippen LogP contribution in [-0.4, -0.2) is 29.2 Å². The molecular formula is C15H16BrNO4. The predicted octanol–water partition coefficient (Wildman–Crippen LogP) is 2.57. The van der Waals surface area contributed by atoms with Crippen LogP contribution in [0.2, 0.25) is 0 Å². The minimum Gasteiger partial charge on any atom is -0.481 e. The number of amides is 1. The van der Waals surface area contributed by atoms with Crippen LogP contribution in [0.5, 0.6) is 0 Å². The van der Waals surface area contributed by atoms with E-state index in [9.17, 15) is 14.7 Å². The van der Waals surface area contributed by atoms with Crippen LogP contribution in [0.15, 0.2) is 22.7 Å². The highest BCUT2D eigenvalue weighted by Gasteiger charge is 2.55. The number of nitrogens with one attached hydrogen (secondary N) is 1. The molecule has 2 saturated heterocycles. The van der Waals surface area contributed by atoms with Crippen LogP contribution in [0.3, 0.4) is 0 Å². The normalized spacial score (nSPS) is 30.4. The van der Waals surface area contributed by atoms with Crippen molar-refractivity contribution in [1.29, 1.82) is 0 Å². The minimum absolute atomic E-state index is 0.277. The molecule has 0 unspecified atom stereocenters. The number of carboxylic acids is 1. The largest absolute Gasteiger partial charge is 0.481 e. The molecular weight excluding hydrogens is 338 g/mol. The number of carbonyl (C=O) groups excluding carboxylic acids is 1. The zero-order valence-electron chi connectivity index (χ0n) is 11.5. The first-order valence-corrected chi connectivity index (χ1v) is 7.72. The molecule has 0 radical (unpaired) electrons. The third-order valence-electron chi connectivity index (χ3n) is 4.24. The molecule has 112 valence electrons. The van der Waals surface area contributed by atoms with Crippen molar-refractivity contribution in [3.05, 3.63) is 28.2 Å². The van der Waals surface area contributed by atoms with Gasteiger partial charge < -0.3 is 15.2 Å². The zero-order chi connectivity index (χ0) is 15.1. The summed E-state index contributed by atoms with van der Waals surface area (Å²) in [4.78, 5) is 23.9. The molecule has 2 fully saturated rings. The van der Waals surface area contributed by atoms with Crippen molar-refractivity contribution in [1.82, 2.24) is 0 Å². The highest BCUT2D eigenvalue weighted by atomic mass is 79.9. The molecule has 6 heteroatoms. The third-order valence-corrected chi connectivity index (χ3v) is 4.90. The zero-order valence-corrected chi connectivity index (χ0v) is 13.1. The van der Waals surface area contributed by atoms with E-state index in [0.717, 1.165) is 22.9 Å². The van der Waals surface area contributed by atoms with Crippen LogP contribution in [0.25, 0.3) is 0 Å². The molecule has 2 aliphatic heterocycles. The number of carboxylic acid groups (broad SMARTS) is 1. The molecule has 5 nitrogen and oxygen atoms in total. The van der Waals surface area contributed by atoms with Crippen LogP contribution in [0.4, 0.5) is 5.69 Å². The average Bonchev–Trinajstić information content (AvgIpc) is 3.02. The lowest BCUT2D eigenvalue weighted by atomic mass is 9.78. The Hall–Kier alpha value is -1.40. The van der Waals surface area contributed by atoms with E-state index in [4.69, 9.17) is 4.74 Å². The Labute approximate surface area is 130 Å². The Morgan fingerprint density at radius 1 is 1.29 bits per heavy atom. The average molecular weight is 354 g/mol. The van der Waals surface area contributed by atoms with E-state index in [1.807, 2.05) is 19.1 Å². The number of hydrogen-bond donors (Lipinski definition) is 2. The Kier molecular flexibility index (Phi) is 3.75. The van der Waals surface area contributed by atoms with E-state index < -0.39 is 17.8 Å². The Bertz CT molecular complexity index is 603. The Balaban J connectivity index is 1.80. The molecule has 2 N–H and O–H groups in total. The molecule has 1 aromatic carbocycles. The lowest BCUT2D eigenvalue weighted by Gasteiger charge is -2.24. The summed E-state index contributed by atoms with van der Waals surface area (Å²) in [5, 5.41) is 12.2. The minimum atomic E-state index is -0.953. The quantitative estimate of drug-likeness (QED) is 0.875. The number of rotatable bonds is 3. The first kappa shape index (κ1) is 14.5. The fraction of sp³-hybridized carbons (Fsp3) is 0.467. The fourth-order valence-electron chi connectivity index (χ4n) is 3.26. The van der Waals surface area contributed by atoms with Gasteiger partial charge in [0.05, 0.1) is 29.7 Å². The first-order valence-electron chi connectivity index (χ1n) is 6.92. The maximum Gasteiger partial charge on any atom is 0.310 e. The molecule has 2 bridgehead atoms. The van der Waals surface area contributed by atoms with Gasteiger partial charge in [0.15, 0.2) is 0 Å². The van der Waals surface area contributed by atoms with Gasteiger partial charge in [-0.2, -0.15) is 0 Å². The monoisotopic (exact) mass is 353 g/mol. The second-order valence-electron chi connectivity index (χ2n) is 5.65. The summed E-state index contributed by atoms with van der Waals surface area (Å²) in [6, 6.07) is 5.61. The van der Waals surface area contributed by atoms with Crippen molar-refractivity contribution in [2.45, 2.75) is 32.0 Å². The maximum absolute atomic E-state index is 12.5. The molecule has 1 aromatic rings. The van der Waals surface area contributed by atoms with Gasteiger partial charge in [-0.1, -0.05) is 6.07 Å². The molecule has 1 amide bonds. The van der Waals surface area contributed by atoms with Crippen LogP contribution >= 0.6 is 15.9 Å². The topological polar surface area (TPSA) is 75.6 Å². The van der Waals surface area contributed by atoms with Crippen molar-refractivity contribution >= 4 is 33.5 Å². The lowest BCUT2D eigenvalue weighted by molar-refractivity contribution is -0.147. The number of fused-ring (bicyclic) bond motifs is 2. The molecule has 2 heterocycles. The van der Waals surface area contributed by atoms with E-state index in [2.05, 4.69) is 21.2 Å². The number of aliphatic carboxylic acids is 1. The van der Waals surface area contributed by atoms with Gasteiger partial charge in [0, 0.05) is 4.47 Å². The van der Waals surface area contributed by atoms with Gasteiger partial charge in [0.2, 0.25) is 5.91 Å². The molecule has 0 aromatic heterocycles. The van der Waals surface area contributed by atoms with Gasteiger partial charge in [-0.3, -0.25) is 9.59 Å². The van der Waals surface area contributed by atoms with Gasteiger partial charge in [0.25, 0.3) is 0 Å². The SMILES string of the molecule is Cc1ccc(NC(=O)[C@@H]2[C@@H](C(=O)O)[C@@H]3CC[C@H]2O3)c(Br)c1. The van der Waals surface area contributed by atoms with Gasteiger partial charge in [-0.15, -0.1) is 0 Å². The van der Waals surface area contributed by atoms with Crippen molar-refractivity contribution in [3.63, 3.8) is 0 Å². The lowest BCUT2D eigenvalue weighted by Crippen LogP contribution is -2.41. The predicted molar refractivity (Wildman–Crippen MR) is 80.0 cm³/mol.